The van der Waals surface area contributed by atoms with Crippen molar-refractivity contribution in [2.75, 3.05) is 0 Å². The molecule has 0 spiro atoms. The maximum atomic E-state index is 13.1. The van der Waals surface area contributed by atoms with Crippen LogP contribution < -0.4 is 5.32 Å². The first-order chi connectivity index (χ1) is 6.77. The Bertz CT molecular complexity index is 272. The Balaban J connectivity index is 2.49. The van der Waals surface area contributed by atoms with Crippen molar-refractivity contribution in [3.05, 3.63) is 29.8 Å². The monoisotopic (exact) mass is 196 g/mol. The maximum Gasteiger partial charge on any atom is 0.146 e. The number of nitrogens with one attached hydrogen (secondary N) is 1. The fourth-order valence-corrected chi connectivity index (χ4v) is 1.37. The molecule has 0 bridgehead atoms. The summed E-state index contributed by atoms with van der Waals surface area (Å²) >= 11 is 0. The van der Waals surface area contributed by atoms with Gasteiger partial charge in [-0.05, 0) is 25.0 Å². The molecular formula is C11H17FN2. The third kappa shape index (κ3) is 3.07. The molecule has 0 aliphatic rings. The highest BCUT2D eigenvalue weighted by molar-refractivity contribution is 5.06. The lowest BCUT2D eigenvalue weighted by Crippen LogP contribution is -2.27. The van der Waals surface area contributed by atoms with Crippen molar-refractivity contribution in [1.82, 2.24) is 10.3 Å². The predicted octanol–water partition coefficient (Wildman–Crippen LogP) is 2.50. The van der Waals surface area contributed by atoms with Gasteiger partial charge in [0, 0.05) is 18.8 Å². The third-order valence-electron chi connectivity index (χ3n) is 2.38. The lowest BCUT2D eigenvalue weighted by atomic mass is 10.1. The van der Waals surface area contributed by atoms with E-state index in [9.17, 15) is 4.39 Å². The third-order valence-corrected chi connectivity index (χ3v) is 2.38. The molecule has 0 aliphatic heterocycles. The molecule has 1 aromatic rings. The second kappa shape index (κ2) is 5.70. The van der Waals surface area contributed by atoms with Gasteiger partial charge < -0.3 is 5.32 Å². The van der Waals surface area contributed by atoms with Crippen LogP contribution in [0.5, 0.6) is 0 Å². The number of halogens is 1. The molecule has 14 heavy (non-hydrogen) atoms. The largest absolute Gasteiger partial charge is 0.308 e. The molecule has 0 amide bonds. The van der Waals surface area contributed by atoms with E-state index >= 15 is 0 Å². The normalized spacial score (nSPS) is 10.9. The molecule has 3 heteroatoms. The second-order valence-corrected chi connectivity index (χ2v) is 3.33. The summed E-state index contributed by atoms with van der Waals surface area (Å²) < 4.78 is 13.1. The van der Waals surface area contributed by atoms with Crippen LogP contribution >= 0.6 is 0 Å². The Labute approximate surface area is 84.6 Å². The minimum atomic E-state index is -0.231. The molecule has 0 aromatic carbocycles. The molecule has 0 saturated carbocycles. The Morgan fingerprint density at radius 1 is 1.43 bits per heavy atom. The van der Waals surface area contributed by atoms with Gasteiger partial charge in [-0.25, -0.2) is 4.39 Å². The zero-order chi connectivity index (χ0) is 10.4. The van der Waals surface area contributed by atoms with Crippen LogP contribution in [0.4, 0.5) is 4.39 Å². The first-order valence-corrected chi connectivity index (χ1v) is 5.10. The van der Waals surface area contributed by atoms with Crippen LogP contribution in [0.25, 0.3) is 0 Å². The SMILES string of the molecule is CCC(CC)NCc1ncccc1F. The van der Waals surface area contributed by atoms with Gasteiger partial charge in [0.25, 0.3) is 0 Å². The van der Waals surface area contributed by atoms with E-state index in [1.165, 1.54) is 6.07 Å². The van der Waals surface area contributed by atoms with Gasteiger partial charge in [0.1, 0.15) is 5.82 Å². The molecule has 78 valence electrons. The molecule has 0 aliphatic carbocycles. The van der Waals surface area contributed by atoms with E-state index in [-0.39, 0.29) is 5.82 Å². The molecule has 1 rings (SSSR count). The number of hydrogen-bond acceptors (Lipinski definition) is 2. The van der Waals surface area contributed by atoms with Gasteiger partial charge in [-0.1, -0.05) is 13.8 Å². The first-order valence-electron chi connectivity index (χ1n) is 5.10. The molecule has 2 nitrogen and oxygen atoms in total. The summed E-state index contributed by atoms with van der Waals surface area (Å²) in [7, 11) is 0. The molecule has 0 unspecified atom stereocenters. The smallest absolute Gasteiger partial charge is 0.146 e. The van der Waals surface area contributed by atoms with Crippen molar-refractivity contribution < 1.29 is 4.39 Å². The standard InChI is InChI=1S/C11H17FN2/c1-3-9(4-2)14-8-11-10(12)6-5-7-13-11/h5-7,9,14H,3-4,8H2,1-2H3. The van der Waals surface area contributed by atoms with E-state index in [0.717, 1.165) is 12.8 Å². The fraction of sp³-hybridized carbons (Fsp3) is 0.545. The Kier molecular flexibility index (Phi) is 4.53. The molecular weight excluding hydrogens is 179 g/mol. The van der Waals surface area contributed by atoms with Crippen LogP contribution in [-0.4, -0.2) is 11.0 Å². The molecule has 0 fully saturated rings. The average Bonchev–Trinajstić information content (AvgIpc) is 2.22. The molecule has 1 heterocycles. The number of pyridine rings is 1. The summed E-state index contributed by atoms with van der Waals surface area (Å²) in [5.74, 6) is -0.231. The summed E-state index contributed by atoms with van der Waals surface area (Å²) in [6.45, 7) is 4.75. The van der Waals surface area contributed by atoms with Crippen molar-refractivity contribution in [1.29, 1.82) is 0 Å². The number of aromatic nitrogens is 1. The maximum absolute atomic E-state index is 13.1. The Hall–Kier alpha value is -0.960. The summed E-state index contributed by atoms with van der Waals surface area (Å²) in [5, 5.41) is 3.27. The van der Waals surface area contributed by atoms with Crippen LogP contribution in [0.2, 0.25) is 0 Å². The van der Waals surface area contributed by atoms with E-state index in [4.69, 9.17) is 0 Å². The highest BCUT2D eigenvalue weighted by Gasteiger charge is 2.05. The zero-order valence-corrected chi connectivity index (χ0v) is 8.76. The van der Waals surface area contributed by atoms with Gasteiger partial charge >= 0.3 is 0 Å². The molecule has 1 aromatic heterocycles. The highest BCUT2D eigenvalue weighted by atomic mass is 19.1. The fourth-order valence-electron chi connectivity index (χ4n) is 1.37. The van der Waals surface area contributed by atoms with E-state index in [2.05, 4.69) is 24.1 Å². The molecule has 0 saturated heterocycles. The van der Waals surface area contributed by atoms with Crippen molar-refractivity contribution in [2.24, 2.45) is 0 Å². The second-order valence-electron chi connectivity index (χ2n) is 3.33. The average molecular weight is 196 g/mol. The minimum absolute atomic E-state index is 0.231. The van der Waals surface area contributed by atoms with Crippen LogP contribution in [0.15, 0.2) is 18.3 Å². The predicted molar refractivity (Wildman–Crippen MR) is 55.4 cm³/mol. The van der Waals surface area contributed by atoms with Gasteiger partial charge in [-0.15, -0.1) is 0 Å². The number of rotatable bonds is 5. The molecule has 1 N–H and O–H groups in total. The van der Waals surface area contributed by atoms with Crippen LogP contribution in [-0.2, 0) is 6.54 Å². The van der Waals surface area contributed by atoms with E-state index in [1.54, 1.807) is 12.3 Å². The van der Waals surface area contributed by atoms with Crippen molar-refractivity contribution in [2.45, 2.75) is 39.3 Å². The van der Waals surface area contributed by atoms with E-state index in [0.29, 0.717) is 18.3 Å². The first kappa shape index (κ1) is 11.1. The lowest BCUT2D eigenvalue weighted by molar-refractivity contribution is 0.469. The van der Waals surface area contributed by atoms with Gasteiger partial charge in [-0.2, -0.15) is 0 Å². The molecule has 0 atom stereocenters. The summed E-state index contributed by atoms with van der Waals surface area (Å²) in [5.41, 5.74) is 0.499. The highest BCUT2D eigenvalue weighted by Crippen LogP contribution is 2.04. The van der Waals surface area contributed by atoms with Crippen molar-refractivity contribution >= 4 is 0 Å². The topological polar surface area (TPSA) is 24.9 Å². The summed E-state index contributed by atoms with van der Waals surface area (Å²) in [6.07, 6.45) is 3.74. The van der Waals surface area contributed by atoms with Crippen LogP contribution in [0, 0.1) is 5.82 Å². The van der Waals surface area contributed by atoms with Crippen LogP contribution in [0.1, 0.15) is 32.4 Å². The van der Waals surface area contributed by atoms with Crippen LogP contribution in [0.3, 0.4) is 0 Å². The van der Waals surface area contributed by atoms with Gasteiger partial charge in [0.05, 0.1) is 5.69 Å². The lowest BCUT2D eigenvalue weighted by Gasteiger charge is -2.14. The number of nitrogens with zero attached hydrogens (tertiary/aromatic N) is 1. The zero-order valence-electron chi connectivity index (χ0n) is 8.76. The Morgan fingerprint density at radius 3 is 2.71 bits per heavy atom. The summed E-state index contributed by atoms with van der Waals surface area (Å²) in [6, 6.07) is 3.50. The summed E-state index contributed by atoms with van der Waals surface area (Å²) in [4.78, 5) is 3.98. The van der Waals surface area contributed by atoms with Crippen molar-refractivity contribution in [3.63, 3.8) is 0 Å². The van der Waals surface area contributed by atoms with Crippen molar-refractivity contribution in [3.8, 4) is 0 Å². The van der Waals surface area contributed by atoms with Gasteiger partial charge in [-0.3, -0.25) is 4.98 Å². The quantitative estimate of drug-likeness (QED) is 0.782. The van der Waals surface area contributed by atoms with E-state index in [1.807, 2.05) is 0 Å². The minimum Gasteiger partial charge on any atom is -0.308 e. The number of hydrogen-bond donors (Lipinski definition) is 1. The van der Waals surface area contributed by atoms with Gasteiger partial charge in [0.15, 0.2) is 0 Å². The Morgan fingerprint density at radius 2 is 2.14 bits per heavy atom. The molecule has 0 radical (unpaired) electrons. The van der Waals surface area contributed by atoms with Gasteiger partial charge in [0.2, 0.25) is 0 Å². The van der Waals surface area contributed by atoms with E-state index < -0.39 is 0 Å².